The summed E-state index contributed by atoms with van der Waals surface area (Å²) in [5.74, 6) is 0. The fourth-order valence-corrected chi connectivity index (χ4v) is 3.58. The summed E-state index contributed by atoms with van der Waals surface area (Å²) >= 11 is 0. The van der Waals surface area contributed by atoms with Gasteiger partial charge < -0.3 is 24.3 Å². The van der Waals surface area contributed by atoms with Crippen molar-refractivity contribution in [3.05, 3.63) is 0 Å². The number of rotatable bonds is 13. The Morgan fingerprint density at radius 1 is 0.833 bits per heavy atom. The van der Waals surface area contributed by atoms with Gasteiger partial charge in [-0.2, -0.15) is 0 Å². The first-order valence-electron chi connectivity index (χ1n) is 6.81. The maximum atomic E-state index is 5.44. The molecule has 0 amide bonds. The number of nitrogens with two attached hydrogens (primary N) is 1. The SMILES string of the molecule is CO[Si](CCCNCCCCCCN)(OC)OC. The van der Waals surface area contributed by atoms with E-state index in [0.717, 1.165) is 38.5 Å². The molecular formula is C12H30N2O3Si. The van der Waals surface area contributed by atoms with Gasteiger partial charge in [0.05, 0.1) is 0 Å². The molecule has 6 heteroatoms. The summed E-state index contributed by atoms with van der Waals surface area (Å²) in [6.07, 6.45) is 5.89. The van der Waals surface area contributed by atoms with E-state index in [1.54, 1.807) is 21.3 Å². The van der Waals surface area contributed by atoms with Crippen LogP contribution in [-0.2, 0) is 13.3 Å². The summed E-state index contributed by atoms with van der Waals surface area (Å²) in [6, 6.07) is 0.858. The van der Waals surface area contributed by atoms with Crippen LogP contribution in [0.2, 0.25) is 6.04 Å². The number of unbranched alkanes of at least 4 members (excludes halogenated alkanes) is 3. The standard InChI is InChI=1S/C12H30N2O3Si/c1-15-18(16-2,17-3)12-8-11-14-10-7-5-4-6-9-13/h14H,4-13H2,1-3H3. The number of nitrogens with one attached hydrogen (secondary N) is 1. The van der Waals surface area contributed by atoms with Crippen LogP contribution in [0.4, 0.5) is 0 Å². The molecule has 0 fully saturated rings. The zero-order chi connectivity index (χ0) is 13.7. The molecule has 0 unspecified atom stereocenters. The van der Waals surface area contributed by atoms with Gasteiger partial charge in [0.25, 0.3) is 0 Å². The van der Waals surface area contributed by atoms with E-state index in [1.807, 2.05) is 0 Å². The van der Waals surface area contributed by atoms with E-state index in [-0.39, 0.29) is 0 Å². The Kier molecular flexibility index (Phi) is 12.1. The third-order valence-corrected chi connectivity index (χ3v) is 5.91. The highest BCUT2D eigenvalue weighted by atomic mass is 28.4. The lowest BCUT2D eigenvalue weighted by Crippen LogP contribution is -2.43. The van der Waals surface area contributed by atoms with Crippen LogP contribution in [0.3, 0.4) is 0 Å². The molecule has 3 N–H and O–H groups in total. The summed E-state index contributed by atoms with van der Waals surface area (Å²) < 4.78 is 16.1. The molecule has 0 atom stereocenters. The van der Waals surface area contributed by atoms with Gasteiger partial charge in [-0.15, -0.1) is 0 Å². The van der Waals surface area contributed by atoms with Crippen LogP contribution in [0.25, 0.3) is 0 Å². The highest BCUT2D eigenvalue weighted by Gasteiger charge is 2.36. The van der Waals surface area contributed by atoms with Gasteiger partial charge in [-0.1, -0.05) is 12.8 Å². The van der Waals surface area contributed by atoms with Crippen LogP contribution in [0.5, 0.6) is 0 Å². The molecule has 18 heavy (non-hydrogen) atoms. The second-order valence-electron chi connectivity index (χ2n) is 4.35. The molecule has 0 rings (SSSR count). The fraction of sp³-hybridized carbons (Fsp3) is 1.00. The first-order chi connectivity index (χ1) is 8.74. The van der Waals surface area contributed by atoms with Gasteiger partial charge >= 0.3 is 8.80 Å². The van der Waals surface area contributed by atoms with E-state index in [9.17, 15) is 0 Å². The van der Waals surface area contributed by atoms with Gasteiger partial charge in [-0.05, 0) is 38.9 Å². The van der Waals surface area contributed by atoms with Gasteiger partial charge in [0.15, 0.2) is 0 Å². The lowest BCUT2D eigenvalue weighted by Gasteiger charge is -2.24. The molecule has 0 aromatic rings. The van der Waals surface area contributed by atoms with Gasteiger partial charge in [0.2, 0.25) is 0 Å². The van der Waals surface area contributed by atoms with Crippen molar-refractivity contribution >= 4 is 8.80 Å². The molecular weight excluding hydrogens is 248 g/mol. The van der Waals surface area contributed by atoms with E-state index in [4.69, 9.17) is 19.0 Å². The van der Waals surface area contributed by atoms with E-state index in [2.05, 4.69) is 5.32 Å². The van der Waals surface area contributed by atoms with Crippen molar-refractivity contribution in [3.63, 3.8) is 0 Å². The van der Waals surface area contributed by atoms with E-state index in [1.165, 1.54) is 19.3 Å². The molecule has 0 aromatic heterocycles. The second kappa shape index (κ2) is 12.1. The van der Waals surface area contributed by atoms with Crippen molar-refractivity contribution < 1.29 is 13.3 Å². The predicted octanol–water partition coefficient (Wildman–Crippen LogP) is 1.36. The monoisotopic (exact) mass is 278 g/mol. The van der Waals surface area contributed by atoms with Crippen molar-refractivity contribution in [3.8, 4) is 0 Å². The van der Waals surface area contributed by atoms with Crippen molar-refractivity contribution in [1.29, 1.82) is 0 Å². The minimum Gasteiger partial charge on any atom is -0.377 e. The van der Waals surface area contributed by atoms with E-state index in [0.29, 0.717) is 0 Å². The van der Waals surface area contributed by atoms with Gasteiger partial charge in [0, 0.05) is 27.4 Å². The van der Waals surface area contributed by atoms with Gasteiger partial charge in [-0.25, -0.2) is 0 Å². The molecule has 0 aliphatic carbocycles. The quantitative estimate of drug-likeness (QED) is 0.393. The smallest absolute Gasteiger partial charge is 0.377 e. The first-order valence-corrected chi connectivity index (χ1v) is 8.74. The zero-order valence-corrected chi connectivity index (χ0v) is 13.2. The Hall–Kier alpha value is 0.0169. The Morgan fingerprint density at radius 3 is 1.94 bits per heavy atom. The van der Waals surface area contributed by atoms with E-state index >= 15 is 0 Å². The number of hydrogen-bond acceptors (Lipinski definition) is 5. The molecule has 0 aromatic carbocycles. The Labute approximate surface area is 113 Å². The third kappa shape index (κ3) is 8.18. The first kappa shape index (κ1) is 18.0. The molecule has 110 valence electrons. The van der Waals surface area contributed by atoms with Crippen LogP contribution >= 0.6 is 0 Å². The van der Waals surface area contributed by atoms with Gasteiger partial charge in [0.1, 0.15) is 0 Å². The molecule has 0 radical (unpaired) electrons. The largest absolute Gasteiger partial charge is 0.500 e. The maximum absolute atomic E-state index is 5.44. The van der Waals surface area contributed by atoms with Crippen LogP contribution in [0.1, 0.15) is 32.1 Å². The normalized spacial score (nSPS) is 12.0. The van der Waals surface area contributed by atoms with Crippen LogP contribution in [0.15, 0.2) is 0 Å². The van der Waals surface area contributed by atoms with Gasteiger partial charge in [-0.3, -0.25) is 0 Å². The summed E-state index contributed by atoms with van der Waals surface area (Å²) in [5.41, 5.74) is 5.44. The zero-order valence-electron chi connectivity index (χ0n) is 12.2. The lowest BCUT2D eigenvalue weighted by molar-refractivity contribution is 0.123. The third-order valence-electron chi connectivity index (χ3n) is 3.08. The molecule has 0 aliphatic heterocycles. The lowest BCUT2D eigenvalue weighted by atomic mass is 10.2. The fourth-order valence-electron chi connectivity index (χ4n) is 1.86. The average Bonchev–Trinajstić information content (AvgIpc) is 2.42. The van der Waals surface area contributed by atoms with Crippen LogP contribution in [-0.4, -0.2) is 49.8 Å². The Balaban J connectivity index is 3.38. The van der Waals surface area contributed by atoms with Crippen molar-refractivity contribution in [2.45, 2.75) is 38.1 Å². The average molecular weight is 278 g/mol. The molecule has 0 heterocycles. The summed E-state index contributed by atoms with van der Waals surface area (Å²) in [4.78, 5) is 0. The van der Waals surface area contributed by atoms with Crippen LogP contribution in [0, 0.1) is 0 Å². The maximum Gasteiger partial charge on any atom is 0.500 e. The summed E-state index contributed by atoms with van der Waals surface area (Å²) in [5, 5.41) is 3.43. The second-order valence-corrected chi connectivity index (χ2v) is 7.44. The Bertz CT molecular complexity index is 172. The van der Waals surface area contributed by atoms with Crippen molar-refractivity contribution in [1.82, 2.24) is 5.32 Å². The minimum absolute atomic E-state index is 0.811. The molecule has 0 saturated carbocycles. The molecule has 5 nitrogen and oxygen atoms in total. The van der Waals surface area contributed by atoms with E-state index < -0.39 is 8.80 Å². The topological polar surface area (TPSA) is 65.7 Å². The molecule has 0 aliphatic rings. The predicted molar refractivity (Wildman–Crippen MR) is 76.6 cm³/mol. The minimum atomic E-state index is -2.36. The summed E-state index contributed by atoms with van der Waals surface area (Å²) in [7, 11) is 2.61. The van der Waals surface area contributed by atoms with Crippen LogP contribution < -0.4 is 11.1 Å². The summed E-state index contributed by atoms with van der Waals surface area (Å²) in [6.45, 7) is 2.87. The molecule has 0 spiro atoms. The molecule has 0 saturated heterocycles. The Morgan fingerprint density at radius 2 is 1.39 bits per heavy atom. The van der Waals surface area contributed by atoms with Crippen molar-refractivity contribution in [2.75, 3.05) is 41.0 Å². The molecule has 0 bridgehead atoms. The highest BCUT2D eigenvalue weighted by Crippen LogP contribution is 2.14. The highest BCUT2D eigenvalue weighted by molar-refractivity contribution is 6.60. The number of hydrogen-bond donors (Lipinski definition) is 2. The van der Waals surface area contributed by atoms with Crippen molar-refractivity contribution in [2.24, 2.45) is 5.73 Å².